The second-order valence-corrected chi connectivity index (χ2v) is 8.38. The van der Waals surface area contributed by atoms with Crippen LogP contribution in [0.4, 0.5) is 4.39 Å². The number of carbonyl (C=O) groups excluding carboxylic acids is 2. The topological polar surface area (TPSA) is 77.9 Å². The van der Waals surface area contributed by atoms with Crippen molar-refractivity contribution in [2.24, 2.45) is 17.3 Å². The summed E-state index contributed by atoms with van der Waals surface area (Å²) in [6.45, 7) is 2.19. The van der Waals surface area contributed by atoms with Gasteiger partial charge in [0, 0.05) is 31.7 Å². The summed E-state index contributed by atoms with van der Waals surface area (Å²) in [4.78, 5) is 40.4. The molecule has 1 aromatic rings. The van der Waals surface area contributed by atoms with Crippen LogP contribution in [0.3, 0.4) is 0 Å². The lowest BCUT2D eigenvalue weighted by Gasteiger charge is -2.38. The number of halogens is 1. The first-order valence-corrected chi connectivity index (χ1v) is 9.96. The molecule has 2 aliphatic heterocycles. The molecule has 1 aromatic carbocycles. The van der Waals surface area contributed by atoms with Crippen molar-refractivity contribution >= 4 is 17.8 Å². The van der Waals surface area contributed by atoms with Crippen LogP contribution in [0.25, 0.3) is 0 Å². The molecule has 150 valence electrons. The van der Waals surface area contributed by atoms with Crippen molar-refractivity contribution in [1.29, 1.82) is 0 Å². The molecule has 0 bridgehead atoms. The third kappa shape index (κ3) is 3.50. The predicted octanol–water partition coefficient (Wildman–Crippen LogP) is 2.39. The molecule has 3 fully saturated rings. The zero-order valence-corrected chi connectivity index (χ0v) is 15.8. The Morgan fingerprint density at radius 3 is 2.32 bits per heavy atom. The van der Waals surface area contributed by atoms with Crippen molar-refractivity contribution in [2.45, 2.75) is 32.1 Å². The third-order valence-corrected chi connectivity index (χ3v) is 6.71. The molecule has 1 saturated carbocycles. The third-order valence-electron chi connectivity index (χ3n) is 6.71. The van der Waals surface area contributed by atoms with Gasteiger partial charge in [-0.2, -0.15) is 0 Å². The van der Waals surface area contributed by atoms with E-state index < -0.39 is 5.97 Å². The highest BCUT2D eigenvalue weighted by Crippen LogP contribution is 2.59. The lowest BCUT2D eigenvalue weighted by molar-refractivity contribution is -0.140. The van der Waals surface area contributed by atoms with Gasteiger partial charge in [0.1, 0.15) is 5.82 Å². The molecule has 0 aromatic heterocycles. The number of hydrogen-bond donors (Lipinski definition) is 1. The highest BCUT2D eigenvalue weighted by Gasteiger charge is 2.59. The summed E-state index contributed by atoms with van der Waals surface area (Å²) in [6, 6.07) is 5.49. The molecule has 1 aliphatic carbocycles. The van der Waals surface area contributed by atoms with Crippen molar-refractivity contribution in [3.63, 3.8) is 0 Å². The number of carboxylic acids is 1. The van der Waals surface area contributed by atoms with Gasteiger partial charge >= 0.3 is 5.97 Å². The molecule has 0 radical (unpaired) electrons. The first kappa shape index (κ1) is 18.9. The Labute approximate surface area is 163 Å². The Bertz CT molecular complexity index is 786. The van der Waals surface area contributed by atoms with Crippen LogP contribution < -0.4 is 0 Å². The number of hydrogen-bond acceptors (Lipinski definition) is 3. The monoisotopic (exact) mass is 388 g/mol. The van der Waals surface area contributed by atoms with E-state index in [1.54, 1.807) is 4.90 Å². The summed E-state index contributed by atoms with van der Waals surface area (Å²) < 4.78 is 13.1. The molecule has 1 spiro atoms. The molecule has 2 heterocycles. The Balaban J connectivity index is 1.34. The van der Waals surface area contributed by atoms with Gasteiger partial charge in [-0.05, 0) is 61.8 Å². The number of carboxylic acid groups (broad SMARTS) is 1. The molecule has 2 atom stereocenters. The SMILES string of the molecule is O=C(O)C1CC12CCN(C(=O)C1CCCN(C(=O)c3ccc(F)cc3)C1)CC2. The fourth-order valence-electron chi connectivity index (χ4n) is 4.82. The van der Waals surface area contributed by atoms with E-state index in [0.717, 1.165) is 32.1 Å². The minimum absolute atomic E-state index is 0.0685. The van der Waals surface area contributed by atoms with Crippen LogP contribution in [-0.2, 0) is 9.59 Å². The second-order valence-electron chi connectivity index (χ2n) is 8.38. The summed E-state index contributed by atoms with van der Waals surface area (Å²) in [5.41, 5.74) is 0.336. The van der Waals surface area contributed by atoms with Crippen molar-refractivity contribution in [3.8, 4) is 0 Å². The molecule has 2 saturated heterocycles. The zero-order chi connectivity index (χ0) is 19.9. The average molecular weight is 388 g/mol. The van der Waals surface area contributed by atoms with Gasteiger partial charge in [0.2, 0.25) is 5.91 Å². The fourth-order valence-corrected chi connectivity index (χ4v) is 4.82. The second kappa shape index (κ2) is 7.18. The zero-order valence-electron chi connectivity index (χ0n) is 15.8. The van der Waals surface area contributed by atoms with Crippen LogP contribution in [0.1, 0.15) is 42.5 Å². The highest BCUT2D eigenvalue weighted by molar-refractivity contribution is 5.94. The van der Waals surface area contributed by atoms with E-state index in [-0.39, 0.29) is 34.9 Å². The maximum Gasteiger partial charge on any atom is 0.307 e. The van der Waals surface area contributed by atoms with E-state index in [1.807, 2.05) is 4.90 Å². The molecule has 1 N–H and O–H groups in total. The Morgan fingerprint density at radius 1 is 1.04 bits per heavy atom. The van der Waals surface area contributed by atoms with E-state index in [9.17, 15) is 23.9 Å². The Hall–Kier alpha value is -2.44. The van der Waals surface area contributed by atoms with Crippen LogP contribution in [0.2, 0.25) is 0 Å². The van der Waals surface area contributed by atoms with Crippen LogP contribution in [-0.4, -0.2) is 58.9 Å². The number of nitrogens with zero attached hydrogens (tertiary/aromatic N) is 2. The number of likely N-dealkylation sites (tertiary alicyclic amines) is 2. The lowest BCUT2D eigenvalue weighted by Crippen LogP contribution is -2.49. The van der Waals surface area contributed by atoms with Gasteiger partial charge in [-0.25, -0.2) is 4.39 Å². The van der Waals surface area contributed by atoms with Crippen LogP contribution >= 0.6 is 0 Å². The quantitative estimate of drug-likeness (QED) is 0.863. The first-order chi connectivity index (χ1) is 13.4. The van der Waals surface area contributed by atoms with Crippen molar-refractivity contribution in [3.05, 3.63) is 35.6 Å². The standard InChI is InChI=1S/C21H25FN2O4/c22-16-5-3-14(4-6-16)18(25)24-9-1-2-15(13-24)19(26)23-10-7-21(8-11-23)12-17(21)20(27)28/h3-6,15,17H,1-2,7-13H2,(H,27,28). The lowest BCUT2D eigenvalue weighted by atomic mass is 9.89. The summed E-state index contributed by atoms with van der Waals surface area (Å²) in [6.07, 6.45) is 3.75. The number of carbonyl (C=O) groups is 3. The summed E-state index contributed by atoms with van der Waals surface area (Å²) in [5, 5.41) is 9.20. The smallest absolute Gasteiger partial charge is 0.307 e. The largest absolute Gasteiger partial charge is 0.481 e. The minimum Gasteiger partial charge on any atom is -0.481 e. The Morgan fingerprint density at radius 2 is 1.71 bits per heavy atom. The van der Waals surface area contributed by atoms with Gasteiger partial charge in [-0.1, -0.05) is 0 Å². The minimum atomic E-state index is -0.720. The van der Waals surface area contributed by atoms with E-state index in [0.29, 0.717) is 31.7 Å². The molecule has 7 heteroatoms. The molecule has 3 aliphatic rings. The Kier molecular flexibility index (Phi) is 4.85. The summed E-state index contributed by atoms with van der Waals surface area (Å²) in [5.74, 6) is -1.67. The van der Waals surface area contributed by atoms with E-state index in [2.05, 4.69) is 0 Å². The van der Waals surface area contributed by atoms with Gasteiger partial charge in [0.05, 0.1) is 11.8 Å². The molecular formula is C21H25FN2O4. The van der Waals surface area contributed by atoms with Crippen molar-refractivity contribution in [2.75, 3.05) is 26.2 Å². The summed E-state index contributed by atoms with van der Waals surface area (Å²) in [7, 11) is 0. The molecule has 2 unspecified atom stereocenters. The maximum atomic E-state index is 13.1. The number of benzene rings is 1. The predicted molar refractivity (Wildman–Crippen MR) is 99.0 cm³/mol. The molecule has 6 nitrogen and oxygen atoms in total. The van der Waals surface area contributed by atoms with Gasteiger partial charge in [-0.15, -0.1) is 0 Å². The van der Waals surface area contributed by atoms with Crippen LogP contribution in [0, 0.1) is 23.1 Å². The first-order valence-electron chi connectivity index (χ1n) is 9.96. The highest BCUT2D eigenvalue weighted by atomic mass is 19.1. The summed E-state index contributed by atoms with van der Waals surface area (Å²) >= 11 is 0. The maximum absolute atomic E-state index is 13.1. The molecule has 2 amide bonds. The van der Waals surface area contributed by atoms with Crippen LogP contribution in [0.15, 0.2) is 24.3 Å². The van der Waals surface area contributed by atoms with Crippen molar-refractivity contribution in [1.82, 2.24) is 9.80 Å². The van der Waals surface area contributed by atoms with Crippen molar-refractivity contribution < 1.29 is 23.9 Å². The normalized spacial score (nSPS) is 26.2. The number of piperidine rings is 2. The average Bonchev–Trinajstić information content (AvgIpc) is 3.42. The molecule has 4 rings (SSSR count). The van der Waals surface area contributed by atoms with Crippen LogP contribution in [0.5, 0.6) is 0 Å². The van der Waals surface area contributed by atoms with Gasteiger partial charge in [-0.3, -0.25) is 14.4 Å². The fraction of sp³-hybridized carbons (Fsp3) is 0.571. The van der Waals surface area contributed by atoms with Gasteiger partial charge < -0.3 is 14.9 Å². The number of rotatable bonds is 3. The van der Waals surface area contributed by atoms with Gasteiger partial charge in [0.15, 0.2) is 0 Å². The number of amides is 2. The van der Waals surface area contributed by atoms with E-state index >= 15 is 0 Å². The van der Waals surface area contributed by atoms with E-state index in [1.165, 1.54) is 24.3 Å². The molecule has 28 heavy (non-hydrogen) atoms. The van der Waals surface area contributed by atoms with E-state index in [4.69, 9.17) is 0 Å². The molecular weight excluding hydrogens is 363 g/mol. The number of aliphatic carboxylic acids is 1. The van der Waals surface area contributed by atoms with Gasteiger partial charge in [0.25, 0.3) is 5.91 Å².